The minimum atomic E-state index is -0.554. The van der Waals surface area contributed by atoms with E-state index >= 15 is 0 Å². The van der Waals surface area contributed by atoms with Crippen LogP contribution in [0.4, 0.5) is 0 Å². The molecule has 1 aliphatic carbocycles. The average molecular weight is 367 g/mol. The van der Waals surface area contributed by atoms with Crippen LogP contribution in [0.2, 0.25) is 0 Å². The van der Waals surface area contributed by atoms with Crippen LogP contribution in [0.3, 0.4) is 0 Å². The van der Waals surface area contributed by atoms with E-state index in [9.17, 15) is 9.59 Å². The maximum atomic E-state index is 13.3. The van der Waals surface area contributed by atoms with E-state index in [2.05, 4.69) is 27.8 Å². The zero-order chi connectivity index (χ0) is 18.9. The van der Waals surface area contributed by atoms with E-state index in [0.29, 0.717) is 18.9 Å². The van der Waals surface area contributed by atoms with Gasteiger partial charge in [-0.05, 0) is 31.1 Å². The highest BCUT2D eigenvalue weighted by atomic mass is 16.5. The summed E-state index contributed by atoms with van der Waals surface area (Å²) in [4.78, 5) is 31.7. The van der Waals surface area contributed by atoms with Gasteiger partial charge in [-0.25, -0.2) is 0 Å². The summed E-state index contributed by atoms with van der Waals surface area (Å²) in [5.41, 5.74) is -0.554. The molecule has 2 saturated heterocycles. The Kier molecular flexibility index (Phi) is 5.92. The minimum Gasteiger partial charge on any atom is -0.353 e. The standard InChI is InChI=1S/C20H35N3O3/c1-15(2)12-18(24)23-17(19(25)22-10-8-21(4)9-11-22)14-26-20(23)7-5-6-16(3)13-20/h15-17H,5-14H2,1-4H3/p+1/t16-,17+,20-/m1/s1. The molecular formula is C20H36N3O3+. The van der Waals surface area contributed by atoms with E-state index in [1.165, 1.54) is 11.3 Å². The van der Waals surface area contributed by atoms with Crippen LogP contribution < -0.4 is 4.90 Å². The second-order valence-electron chi connectivity index (χ2n) is 9.12. The van der Waals surface area contributed by atoms with Crippen LogP contribution in [-0.4, -0.2) is 73.2 Å². The molecule has 148 valence electrons. The first-order valence-corrected chi connectivity index (χ1v) is 10.4. The molecule has 26 heavy (non-hydrogen) atoms. The summed E-state index contributed by atoms with van der Waals surface area (Å²) >= 11 is 0. The lowest BCUT2D eigenvalue weighted by Gasteiger charge is -2.44. The topological polar surface area (TPSA) is 54.3 Å². The van der Waals surface area contributed by atoms with E-state index in [1.807, 2.05) is 9.80 Å². The predicted molar refractivity (Wildman–Crippen MR) is 99.6 cm³/mol. The molecule has 0 aromatic heterocycles. The van der Waals surface area contributed by atoms with Crippen LogP contribution >= 0.6 is 0 Å². The van der Waals surface area contributed by atoms with Crippen LogP contribution in [0.25, 0.3) is 0 Å². The van der Waals surface area contributed by atoms with E-state index in [-0.39, 0.29) is 17.7 Å². The van der Waals surface area contributed by atoms with Gasteiger partial charge in [-0.15, -0.1) is 0 Å². The summed E-state index contributed by atoms with van der Waals surface area (Å²) in [7, 11) is 2.16. The van der Waals surface area contributed by atoms with Crippen molar-refractivity contribution in [1.82, 2.24) is 9.80 Å². The van der Waals surface area contributed by atoms with Crippen molar-refractivity contribution in [3.8, 4) is 0 Å². The van der Waals surface area contributed by atoms with E-state index < -0.39 is 11.8 Å². The average Bonchev–Trinajstić information content (AvgIpc) is 2.92. The Morgan fingerprint density at radius 3 is 2.58 bits per heavy atom. The zero-order valence-electron chi connectivity index (χ0n) is 16.9. The smallest absolute Gasteiger partial charge is 0.248 e. The molecule has 3 aliphatic rings. The van der Waals surface area contributed by atoms with Crippen LogP contribution in [0.1, 0.15) is 52.9 Å². The normalized spacial score (nSPS) is 33.3. The van der Waals surface area contributed by atoms with Gasteiger partial charge in [0, 0.05) is 6.42 Å². The maximum absolute atomic E-state index is 13.3. The van der Waals surface area contributed by atoms with Gasteiger partial charge in [-0.2, -0.15) is 0 Å². The van der Waals surface area contributed by atoms with Gasteiger partial charge in [-0.1, -0.05) is 27.2 Å². The quantitative estimate of drug-likeness (QED) is 0.792. The molecular weight excluding hydrogens is 330 g/mol. The van der Waals surface area contributed by atoms with Crippen molar-refractivity contribution in [2.45, 2.75) is 64.6 Å². The molecule has 0 radical (unpaired) electrons. The number of nitrogens with one attached hydrogen (secondary N) is 1. The molecule has 6 nitrogen and oxygen atoms in total. The fourth-order valence-corrected chi connectivity index (χ4v) is 4.84. The number of amides is 2. The molecule has 0 bridgehead atoms. The highest BCUT2D eigenvalue weighted by Gasteiger charge is 2.54. The first-order chi connectivity index (χ1) is 12.3. The molecule has 3 fully saturated rings. The van der Waals surface area contributed by atoms with Crippen LogP contribution in [0.15, 0.2) is 0 Å². The number of piperazine rings is 1. The van der Waals surface area contributed by atoms with E-state index in [4.69, 9.17) is 4.74 Å². The maximum Gasteiger partial charge on any atom is 0.248 e. The minimum absolute atomic E-state index is 0.0877. The second kappa shape index (κ2) is 7.85. The van der Waals surface area contributed by atoms with Crippen molar-refractivity contribution in [2.75, 3.05) is 39.8 Å². The Labute approximate surface area is 157 Å². The Balaban J connectivity index is 1.81. The van der Waals surface area contributed by atoms with Gasteiger partial charge in [0.15, 0.2) is 0 Å². The Hall–Kier alpha value is -1.14. The molecule has 2 aliphatic heterocycles. The molecule has 0 aromatic carbocycles. The van der Waals surface area contributed by atoms with E-state index in [0.717, 1.165) is 45.4 Å². The summed E-state index contributed by atoms with van der Waals surface area (Å²) in [5, 5.41) is 0. The number of likely N-dealkylation sites (N-methyl/N-ethyl adjacent to an activating group) is 1. The van der Waals surface area contributed by atoms with Gasteiger partial charge in [-0.3, -0.25) is 14.5 Å². The lowest BCUT2D eigenvalue weighted by molar-refractivity contribution is -0.883. The Morgan fingerprint density at radius 1 is 1.27 bits per heavy atom. The van der Waals surface area contributed by atoms with Gasteiger partial charge in [0.1, 0.15) is 11.8 Å². The molecule has 1 spiro atoms. The lowest BCUT2D eigenvalue weighted by atomic mass is 9.83. The third-order valence-corrected chi connectivity index (χ3v) is 6.26. The van der Waals surface area contributed by atoms with Gasteiger partial charge < -0.3 is 14.5 Å². The third-order valence-electron chi connectivity index (χ3n) is 6.26. The van der Waals surface area contributed by atoms with Crippen molar-refractivity contribution >= 4 is 11.8 Å². The largest absolute Gasteiger partial charge is 0.353 e. The molecule has 6 heteroatoms. The number of hydrogen-bond donors (Lipinski definition) is 1. The molecule has 2 heterocycles. The van der Waals surface area contributed by atoms with Crippen molar-refractivity contribution in [3.63, 3.8) is 0 Å². The summed E-state index contributed by atoms with van der Waals surface area (Å²) in [6.07, 6.45) is 4.43. The molecule has 0 unspecified atom stereocenters. The van der Waals surface area contributed by atoms with E-state index in [1.54, 1.807) is 0 Å². The van der Waals surface area contributed by atoms with Crippen molar-refractivity contribution in [2.24, 2.45) is 11.8 Å². The summed E-state index contributed by atoms with van der Waals surface area (Å²) < 4.78 is 6.27. The fourth-order valence-electron chi connectivity index (χ4n) is 4.84. The van der Waals surface area contributed by atoms with Crippen molar-refractivity contribution in [3.05, 3.63) is 0 Å². The summed E-state index contributed by atoms with van der Waals surface area (Å²) in [6.45, 7) is 10.2. The van der Waals surface area contributed by atoms with Gasteiger partial charge in [0.05, 0.1) is 39.8 Å². The van der Waals surface area contributed by atoms with Gasteiger partial charge in [0.25, 0.3) is 0 Å². The Morgan fingerprint density at radius 2 is 1.96 bits per heavy atom. The Bertz CT molecular complexity index is 530. The number of hydrogen-bond acceptors (Lipinski definition) is 3. The molecule has 3 atom stereocenters. The predicted octanol–water partition coefficient (Wildman–Crippen LogP) is 0.523. The third kappa shape index (κ3) is 3.91. The fraction of sp³-hybridized carbons (Fsp3) is 0.900. The number of rotatable bonds is 3. The van der Waals surface area contributed by atoms with Crippen LogP contribution in [0, 0.1) is 11.8 Å². The van der Waals surface area contributed by atoms with Gasteiger partial charge >= 0.3 is 0 Å². The number of carbonyl (C=O) groups excluding carboxylic acids is 2. The number of ether oxygens (including phenoxy) is 1. The molecule has 0 aromatic rings. The molecule has 3 rings (SSSR count). The summed E-state index contributed by atoms with van der Waals surface area (Å²) in [6, 6.07) is -0.440. The first kappa shape index (κ1) is 19.6. The lowest BCUT2D eigenvalue weighted by Crippen LogP contribution is -3.12. The summed E-state index contributed by atoms with van der Waals surface area (Å²) in [5.74, 6) is 0.984. The van der Waals surface area contributed by atoms with Crippen molar-refractivity contribution in [1.29, 1.82) is 0 Å². The number of nitrogens with zero attached hydrogens (tertiary/aromatic N) is 2. The first-order valence-electron chi connectivity index (χ1n) is 10.4. The van der Waals surface area contributed by atoms with Crippen LogP contribution in [-0.2, 0) is 14.3 Å². The van der Waals surface area contributed by atoms with Crippen LogP contribution in [0.5, 0.6) is 0 Å². The monoisotopic (exact) mass is 366 g/mol. The second-order valence-corrected chi connectivity index (χ2v) is 9.12. The zero-order valence-corrected chi connectivity index (χ0v) is 16.9. The molecule has 1 N–H and O–H groups in total. The van der Waals surface area contributed by atoms with Crippen molar-refractivity contribution < 1.29 is 19.2 Å². The highest BCUT2D eigenvalue weighted by molar-refractivity contribution is 5.89. The molecule has 1 saturated carbocycles. The molecule has 2 amide bonds. The highest BCUT2D eigenvalue weighted by Crippen LogP contribution is 2.43. The van der Waals surface area contributed by atoms with Gasteiger partial charge in [0.2, 0.25) is 11.8 Å². The number of quaternary nitrogens is 1. The SMILES string of the molecule is CC(C)CC(=O)N1[C@H](C(=O)N2CC[NH+](C)CC2)CO[C@@]12CCC[C@@H](C)C2. The number of carbonyl (C=O) groups is 2.